The molecule has 16 heavy (non-hydrogen) atoms. The molecule has 0 amide bonds. The summed E-state index contributed by atoms with van der Waals surface area (Å²) in [5, 5.41) is 8.41. The van der Waals surface area contributed by atoms with Crippen molar-refractivity contribution in [1.29, 1.82) is 0 Å². The molecule has 0 unspecified atom stereocenters. The highest BCUT2D eigenvalue weighted by molar-refractivity contribution is 7.86. The van der Waals surface area contributed by atoms with Gasteiger partial charge in [0.15, 0.2) is 0 Å². The number of carbonyl (C=O) groups is 1. The largest absolute Gasteiger partial charge is 0.478 e. The van der Waals surface area contributed by atoms with Gasteiger partial charge in [-0.2, -0.15) is 8.42 Å². The third kappa shape index (κ3) is 2.46. The number of carboxylic acid groups (broad SMARTS) is 1. The summed E-state index contributed by atoms with van der Waals surface area (Å²) in [5.41, 5.74) is -0.360. The standard InChI is InChI=1S/C8H6Cl2O5S/c1-15-16(13,14)7-2-4(8(11)12)5(9)3-6(7)10/h2-3H,1H3,(H,11,12). The molecule has 88 valence electrons. The number of rotatable bonds is 3. The van der Waals surface area contributed by atoms with E-state index in [1.165, 1.54) is 0 Å². The highest BCUT2D eigenvalue weighted by Gasteiger charge is 2.22. The van der Waals surface area contributed by atoms with Gasteiger partial charge in [0.1, 0.15) is 4.90 Å². The Bertz CT molecular complexity index is 538. The summed E-state index contributed by atoms with van der Waals surface area (Å²) in [5.74, 6) is -1.35. The summed E-state index contributed by atoms with van der Waals surface area (Å²) >= 11 is 11.2. The lowest BCUT2D eigenvalue weighted by molar-refractivity contribution is 0.0697. The summed E-state index contributed by atoms with van der Waals surface area (Å²) in [6.45, 7) is 0. The van der Waals surface area contributed by atoms with Crippen molar-refractivity contribution in [2.24, 2.45) is 0 Å². The Hall–Kier alpha value is -0.820. The van der Waals surface area contributed by atoms with Crippen LogP contribution in [0.3, 0.4) is 0 Å². The molecule has 1 N–H and O–H groups in total. The molecule has 0 aliphatic heterocycles. The maximum Gasteiger partial charge on any atom is 0.337 e. The van der Waals surface area contributed by atoms with Crippen LogP contribution in [0.2, 0.25) is 10.0 Å². The first-order valence-electron chi connectivity index (χ1n) is 3.82. The number of carboxylic acids is 1. The normalized spacial score (nSPS) is 11.4. The number of benzene rings is 1. The van der Waals surface area contributed by atoms with Crippen LogP contribution in [0.5, 0.6) is 0 Å². The molecule has 5 nitrogen and oxygen atoms in total. The summed E-state index contributed by atoms with van der Waals surface area (Å²) in [7, 11) is -3.11. The molecule has 0 fully saturated rings. The van der Waals surface area contributed by atoms with Crippen LogP contribution < -0.4 is 0 Å². The van der Waals surface area contributed by atoms with Crippen LogP contribution in [0.1, 0.15) is 10.4 Å². The smallest absolute Gasteiger partial charge is 0.337 e. The minimum Gasteiger partial charge on any atom is -0.478 e. The molecule has 0 aliphatic carbocycles. The van der Waals surface area contributed by atoms with E-state index in [2.05, 4.69) is 4.18 Å². The van der Waals surface area contributed by atoms with E-state index in [9.17, 15) is 13.2 Å². The van der Waals surface area contributed by atoms with Crippen LogP contribution in [-0.2, 0) is 14.3 Å². The van der Waals surface area contributed by atoms with Gasteiger partial charge >= 0.3 is 5.97 Å². The highest BCUT2D eigenvalue weighted by Crippen LogP contribution is 2.29. The third-order valence-corrected chi connectivity index (χ3v) is 3.79. The molecule has 0 saturated heterocycles. The summed E-state index contributed by atoms with van der Waals surface area (Å²) in [4.78, 5) is 10.3. The van der Waals surface area contributed by atoms with E-state index >= 15 is 0 Å². The minimum absolute atomic E-state index is 0.146. The Labute approximate surface area is 102 Å². The maximum absolute atomic E-state index is 11.4. The van der Waals surface area contributed by atoms with Gasteiger partial charge in [-0.15, -0.1) is 0 Å². The van der Waals surface area contributed by atoms with Crippen molar-refractivity contribution in [2.75, 3.05) is 7.11 Å². The Morgan fingerprint density at radius 2 is 1.88 bits per heavy atom. The summed E-state index contributed by atoms with van der Waals surface area (Å²) in [6, 6.07) is 1.89. The predicted molar refractivity (Wildman–Crippen MR) is 57.6 cm³/mol. The molecular formula is C8H6Cl2O5S. The monoisotopic (exact) mass is 284 g/mol. The van der Waals surface area contributed by atoms with Crippen LogP contribution in [0.25, 0.3) is 0 Å². The zero-order chi connectivity index (χ0) is 12.5. The first-order chi connectivity index (χ1) is 7.29. The molecule has 0 heterocycles. The highest BCUT2D eigenvalue weighted by atomic mass is 35.5. The van der Waals surface area contributed by atoms with E-state index in [0.29, 0.717) is 0 Å². The quantitative estimate of drug-likeness (QED) is 0.859. The van der Waals surface area contributed by atoms with Crippen LogP contribution in [0, 0.1) is 0 Å². The maximum atomic E-state index is 11.4. The summed E-state index contributed by atoms with van der Waals surface area (Å²) in [6.07, 6.45) is 0. The molecule has 0 bridgehead atoms. The second-order valence-electron chi connectivity index (χ2n) is 2.69. The molecule has 1 aromatic carbocycles. The van der Waals surface area contributed by atoms with Crippen molar-refractivity contribution in [3.8, 4) is 0 Å². The molecular weight excluding hydrogens is 279 g/mol. The van der Waals surface area contributed by atoms with Crippen LogP contribution in [-0.4, -0.2) is 26.6 Å². The van der Waals surface area contributed by atoms with Gasteiger partial charge in [-0.3, -0.25) is 4.18 Å². The molecule has 8 heteroatoms. The van der Waals surface area contributed by atoms with E-state index in [4.69, 9.17) is 28.3 Å². The van der Waals surface area contributed by atoms with Crippen LogP contribution in [0.15, 0.2) is 17.0 Å². The molecule has 0 radical (unpaired) electrons. The van der Waals surface area contributed by atoms with E-state index in [-0.39, 0.29) is 15.6 Å². The van der Waals surface area contributed by atoms with Crippen molar-refractivity contribution in [3.05, 3.63) is 27.7 Å². The fourth-order valence-corrected chi connectivity index (χ4v) is 2.46. The first kappa shape index (κ1) is 13.2. The number of aromatic carboxylic acids is 1. The molecule has 1 aromatic rings. The van der Waals surface area contributed by atoms with Crippen molar-refractivity contribution >= 4 is 39.3 Å². The van der Waals surface area contributed by atoms with Gasteiger partial charge in [0.25, 0.3) is 10.1 Å². The average molecular weight is 285 g/mol. The first-order valence-corrected chi connectivity index (χ1v) is 5.99. The van der Waals surface area contributed by atoms with Gasteiger partial charge in [0, 0.05) is 0 Å². The van der Waals surface area contributed by atoms with Crippen molar-refractivity contribution in [3.63, 3.8) is 0 Å². The Kier molecular flexibility index (Phi) is 3.80. The predicted octanol–water partition coefficient (Wildman–Crippen LogP) is 2.03. The van der Waals surface area contributed by atoms with Gasteiger partial charge in [-0.25, -0.2) is 4.79 Å². The minimum atomic E-state index is -4.06. The number of halogens is 2. The van der Waals surface area contributed by atoms with Crippen LogP contribution in [0.4, 0.5) is 0 Å². The van der Waals surface area contributed by atoms with E-state index in [0.717, 1.165) is 19.2 Å². The molecule has 0 saturated carbocycles. The third-order valence-electron chi connectivity index (χ3n) is 1.74. The van der Waals surface area contributed by atoms with Gasteiger partial charge in [0.2, 0.25) is 0 Å². The van der Waals surface area contributed by atoms with E-state index in [1.54, 1.807) is 0 Å². The molecule has 0 aliphatic rings. The van der Waals surface area contributed by atoms with E-state index in [1.807, 2.05) is 0 Å². The second kappa shape index (κ2) is 4.58. The second-order valence-corrected chi connectivity index (χ2v) is 5.18. The number of hydrogen-bond donors (Lipinski definition) is 1. The molecule has 1 rings (SSSR count). The lowest BCUT2D eigenvalue weighted by Gasteiger charge is -2.06. The lowest BCUT2D eigenvalue weighted by atomic mass is 10.2. The van der Waals surface area contributed by atoms with Gasteiger partial charge < -0.3 is 5.11 Å². The lowest BCUT2D eigenvalue weighted by Crippen LogP contribution is -2.07. The summed E-state index contributed by atoms with van der Waals surface area (Å²) < 4.78 is 27.0. The topological polar surface area (TPSA) is 80.7 Å². The molecule has 0 atom stereocenters. The molecule has 0 spiro atoms. The average Bonchev–Trinajstić information content (AvgIpc) is 2.16. The SMILES string of the molecule is COS(=O)(=O)c1cc(C(=O)O)c(Cl)cc1Cl. The van der Waals surface area contributed by atoms with Crippen molar-refractivity contribution < 1.29 is 22.5 Å². The molecule has 0 aromatic heterocycles. The Morgan fingerprint density at radius 3 is 2.31 bits per heavy atom. The van der Waals surface area contributed by atoms with Crippen LogP contribution >= 0.6 is 23.2 Å². The van der Waals surface area contributed by atoms with Crippen molar-refractivity contribution in [2.45, 2.75) is 4.90 Å². The fourth-order valence-electron chi connectivity index (χ4n) is 0.974. The Morgan fingerprint density at radius 1 is 1.31 bits per heavy atom. The fraction of sp³-hybridized carbons (Fsp3) is 0.125. The van der Waals surface area contributed by atoms with Crippen molar-refractivity contribution in [1.82, 2.24) is 0 Å². The van der Waals surface area contributed by atoms with E-state index < -0.39 is 21.0 Å². The Balaban J connectivity index is 3.55. The van der Waals surface area contributed by atoms with Gasteiger partial charge in [-0.05, 0) is 12.1 Å². The van der Waals surface area contributed by atoms with Gasteiger partial charge in [-0.1, -0.05) is 23.2 Å². The zero-order valence-corrected chi connectivity index (χ0v) is 10.2. The van der Waals surface area contributed by atoms with Gasteiger partial charge in [0.05, 0.1) is 22.7 Å². The zero-order valence-electron chi connectivity index (χ0n) is 7.90. The number of hydrogen-bond acceptors (Lipinski definition) is 4.